The number of hydrogen-bond donors (Lipinski definition) is 1. The second-order valence-corrected chi connectivity index (χ2v) is 5.91. The molecule has 0 radical (unpaired) electrons. The molecule has 2 rings (SSSR count). The van der Waals surface area contributed by atoms with E-state index < -0.39 is 70.6 Å². The summed E-state index contributed by atoms with van der Waals surface area (Å²) < 4.78 is 157. The van der Waals surface area contributed by atoms with E-state index in [1.54, 1.807) is 0 Å². The number of aliphatic hydroxyl groups is 1. The van der Waals surface area contributed by atoms with Crippen LogP contribution in [0.15, 0.2) is 6.07 Å². The molecule has 1 nitrogen and oxygen atoms in total. The molecule has 0 heterocycles. The molecule has 1 aromatic carbocycles. The van der Waals surface area contributed by atoms with Crippen LogP contribution in [0.25, 0.3) is 0 Å². The summed E-state index contributed by atoms with van der Waals surface area (Å²) in [5.41, 5.74) is -14.4. The van der Waals surface area contributed by atoms with Crippen molar-refractivity contribution in [2.45, 2.75) is 43.7 Å². The molecule has 1 unspecified atom stereocenters. The van der Waals surface area contributed by atoms with Crippen LogP contribution in [-0.4, -0.2) is 5.11 Å². The Morgan fingerprint density at radius 3 is 1.37 bits per heavy atom. The average molecular weight is 420 g/mol. The van der Waals surface area contributed by atoms with Gasteiger partial charge in [0.1, 0.15) is 0 Å². The molecule has 1 aliphatic rings. The van der Waals surface area contributed by atoms with E-state index in [1.165, 1.54) is 0 Å². The largest absolute Gasteiger partial charge is 0.417 e. The summed E-state index contributed by atoms with van der Waals surface area (Å²) in [6.45, 7) is 0. The molecule has 0 amide bonds. The number of aliphatic hydroxyl groups excluding tert-OH is 1. The molecule has 1 aromatic rings. The Balaban J connectivity index is 3.09. The van der Waals surface area contributed by atoms with E-state index in [2.05, 4.69) is 0 Å². The summed E-state index contributed by atoms with van der Waals surface area (Å²) in [6, 6.07) is -1.03. The van der Waals surface area contributed by atoms with Crippen LogP contribution in [0.3, 0.4) is 0 Å². The first-order valence-corrected chi connectivity index (χ1v) is 7.04. The fourth-order valence-corrected chi connectivity index (χ4v) is 2.70. The molecule has 0 bridgehead atoms. The molecule has 0 saturated heterocycles. The van der Waals surface area contributed by atoms with Gasteiger partial charge in [-0.05, 0) is 24.8 Å². The van der Waals surface area contributed by atoms with Crippen molar-refractivity contribution in [3.63, 3.8) is 0 Å². The highest BCUT2D eigenvalue weighted by Gasteiger charge is 2.55. The molecule has 0 aliphatic heterocycles. The van der Waals surface area contributed by atoms with E-state index >= 15 is 0 Å². The molecule has 0 spiro atoms. The van der Waals surface area contributed by atoms with Crippen molar-refractivity contribution < 1.29 is 57.8 Å². The van der Waals surface area contributed by atoms with E-state index in [0.29, 0.717) is 0 Å². The number of alkyl halides is 12. The SMILES string of the molecule is OC(c1c(C(F)(F)F)cc(C(F)(F)F)c(C(F)(F)F)c1C(F)(F)F)C1CC1. The third-order valence-electron chi connectivity index (χ3n) is 3.91. The van der Waals surface area contributed by atoms with E-state index in [0.717, 1.165) is 0 Å². The van der Waals surface area contributed by atoms with Crippen LogP contribution in [0.5, 0.6) is 0 Å². The van der Waals surface area contributed by atoms with Crippen LogP contribution in [-0.2, 0) is 24.7 Å². The summed E-state index contributed by atoms with van der Waals surface area (Å²) in [5, 5.41) is 9.78. The third kappa shape index (κ3) is 4.27. The van der Waals surface area contributed by atoms with Crippen LogP contribution in [0.4, 0.5) is 52.7 Å². The van der Waals surface area contributed by atoms with Crippen molar-refractivity contribution in [2.75, 3.05) is 0 Å². The summed E-state index contributed by atoms with van der Waals surface area (Å²) in [7, 11) is 0. The van der Waals surface area contributed by atoms with Gasteiger partial charge in [0.2, 0.25) is 0 Å². The first-order chi connectivity index (χ1) is 11.9. The minimum atomic E-state index is -6.28. The maximum absolute atomic E-state index is 13.3. The van der Waals surface area contributed by atoms with Gasteiger partial charge >= 0.3 is 24.7 Å². The van der Waals surface area contributed by atoms with Crippen LogP contribution >= 0.6 is 0 Å². The summed E-state index contributed by atoms with van der Waals surface area (Å²) >= 11 is 0. The molecule has 27 heavy (non-hydrogen) atoms. The Labute approximate surface area is 142 Å². The van der Waals surface area contributed by atoms with Gasteiger partial charge < -0.3 is 5.11 Å². The van der Waals surface area contributed by atoms with Gasteiger partial charge in [0.05, 0.1) is 28.4 Å². The number of rotatable bonds is 2. The molecule has 1 atom stereocenters. The normalized spacial score (nSPS) is 18.0. The van der Waals surface area contributed by atoms with E-state index in [-0.39, 0.29) is 12.8 Å². The minimum absolute atomic E-state index is 0.0852. The Hall–Kier alpha value is -1.66. The zero-order chi connectivity index (χ0) is 21.2. The van der Waals surface area contributed by atoms with E-state index in [4.69, 9.17) is 0 Å². The van der Waals surface area contributed by atoms with Gasteiger partial charge in [-0.2, -0.15) is 52.7 Å². The van der Waals surface area contributed by atoms with Crippen molar-refractivity contribution in [3.05, 3.63) is 33.9 Å². The fourth-order valence-electron chi connectivity index (χ4n) is 2.70. The second-order valence-electron chi connectivity index (χ2n) is 5.91. The Morgan fingerprint density at radius 1 is 0.667 bits per heavy atom. The standard InChI is InChI=1S/C14H8F12O/c15-11(16,17)5-3-6(12(18,19)20)8(13(21,22)23)9(14(24,25)26)7(5)10(27)4-1-2-4/h3-4,10,27H,1-2H2. The first kappa shape index (κ1) is 21.6. The van der Waals surface area contributed by atoms with Gasteiger partial charge in [0.25, 0.3) is 0 Å². The van der Waals surface area contributed by atoms with Crippen molar-refractivity contribution in [3.8, 4) is 0 Å². The summed E-state index contributed by atoms with van der Waals surface area (Å²) in [5.74, 6) is -1.22. The maximum Gasteiger partial charge on any atom is 0.417 e. The van der Waals surface area contributed by atoms with E-state index in [9.17, 15) is 57.8 Å². The minimum Gasteiger partial charge on any atom is -0.388 e. The second kappa shape index (κ2) is 6.17. The van der Waals surface area contributed by atoms with Gasteiger partial charge in [-0.3, -0.25) is 0 Å². The van der Waals surface area contributed by atoms with E-state index in [1.807, 2.05) is 0 Å². The molecule has 1 aliphatic carbocycles. The molecule has 154 valence electrons. The van der Waals surface area contributed by atoms with Crippen LogP contribution < -0.4 is 0 Å². The quantitative estimate of drug-likeness (QED) is 0.565. The van der Waals surface area contributed by atoms with Gasteiger partial charge in [0, 0.05) is 5.56 Å². The zero-order valence-corrected chi connectivity index (χ0v) is 12.6. The lowest BCUT2D eigenvalue weighted by atomic mass is 9.86. The predicted molar refractivity (Wildman–Crippen MR) is 64.1 cm³/mol. The molecular weight excluding hydrogens is 412 g/mol. The van der Waals surface area contributed by atoms with Crippen molar-refractivity contribution in [1.82, 2.24) is 0 Å². The Kier molecular flexibility index (Phi) is 4.95. The van der Waals surface area contributed by atoms with Gasteiger partial charge in [-0.25, -0.2) is 0 Å². The molecule has 1 saturated carbocycles. The average Bonchev–Trinajstić information content (AvgIpc) is 3.24. The predicted octanol–water partition coefficient (Wildman–Crippen LogP) is 6.21. The summed E-state index contributed by atoms with van der Waals surface area (Å²) in [6.07, 6.45) is -27.4. The fraction of sp³-hybridized carbons (Fsp3) is 0.571. The van der Waals surface area contributed by atoms with Crippen LogP contribution in [0.2, 0.25) is 0 Å². The lowest BCUT2D eigenvalue weighted by Gasteiger charge is -2.28. The lowest BCUT2D eigenvalue weighted by Crippen LogP contribution is -2.29. The number of benzene rings is 1. The number of hydrogen-bond acceptors (Lipinski definition) is 1. The lowest BCUT2D eigenvalue weighted by molar-refractivity contribution is -0.177. The molecule has 0 aromatic heterocycles. The molecule has 1 N–H and O–H groups in total. The zero-order valence-electron chi connectivity index (χ0n) is 12.6. The molecular formula is C14H8F12O. The highest BCUT2D eigenvalue weighted by Crippen LogP contribution is 2.55. The smallest absolute Gasteiger partial charge is 0.388 e. The van der Waals surface area contributed by atoms with Crippen molar-refractivity contribution in [1.29, 1.82) is 0 Å². The number of halogens is 12. The first-order valence-electron chi connectivity index (χ1n) is 7.04. The molecule has 13 heteroatoms. The molecule has 1 fully saturated rings. The monoisotopic (exact) mass is 420 g/mol. The summed E-state index contributed by atoms with van der Waals surface area (Å²) in [4.78, 5) is 0. The van der Waals surface area contributed by atoms with Crippen molar-refractivity contribution in [2.24, 2.45) is 5.92 Å². The van der Waals surface area contributed by atoms with Gasteiger partial charge in [-0.15, -0.1) is 0 Å². The highest BCUT2D eigenvalue weighted by atomic mass is 19.4. The van der Waals surface area contributed by atoms with Crippen LogP contribution in [0.1, 0.15) is 46.8 Å². The van der Waals surface area contributed by atoms with Gasteiger partial charge in [-0.1, -0.05) is 0 Å². The maximum atomic E-state index is 13.3. The topological polar surface area (TPSA) is 20.2 Å². The Bertz CT molecular complexity index is 718. The highest BCUT2D eigenvalue weighted by molar-refractivity contribution is 5.52. The van der Waals surface area contributed by atoms with Gasteiger partial charge in [0.15, 0.2) is 0 Å². The van der Waals surface area contributed by atoms with Crippen molar-refractivity contribution >= 4 is 0 Å². The third-order valence-corrected chi connectivity index (χ3v) is 3.91. The Morgan fingerprint density at radius 2 is 1.07 bits per heavy atom. The van der Waals surface area contributed by atoms with Crippen LogP contribution in [0, 0.1) is 5.92 Å².